The molecule has 0 aromatic heterocycles. The first-order valence-corrected chi connectivity index (χ1v) is 5.76. The van der Waals surface area contributed by atoms with E-state index < -0.39 is 5.54 Å². The quantitative estimate of drug-likeness (QED) is 0.774. The van der Waals surface area contributed by atoms with Crippen molar-refractivity contribution < 1.29 is 4.79 Å². The van der Waals surface area contributed by atoms with Gasteiger partial charge in [-0.2, -0.15) is 5.26 Å². The van der Waals surface area contributed by atoms with Crippen LogP contribution in [0.25, 0.3) is 0 Å². The van der Waals surface area contributed by atoms with Gasteiger partial charge in [-0.15, -0.1) is 0 Å². The number of hydrogen-bond acceptors (Lipinski definition) is 2. The van der Waals surface area contributed by atoms with Gasteiger partial charge in [-0.05, 0) is 32.6 Å². The standard InChI is InChI=1S/C12H20N2O/c1-12(2,9-13)14-11(15)8-10-6-4-3-5-7-10/h10H,3-8H2,1-2H3,(H,14,15). The summed E-state index contributed by atoms with van der Waals surface area (Å²) in [6, 6.07) is 2.08. The minimum absolute atomic E-state index is 0.0217. The molecule has 0 bridgehead atoms. The van der Waals surface area contributed by atoms with Crippen molar-refractivity contribution in [3.05, 3.63) is 0 Å². The molecule has 0 atom stereocenters. The van der Waals surface area contributed by atoms with Gasteiger partial charge in [-0.1, -0.05) is 19.3 Å². The van der Waals surface area contributed by atoms with Gasteiger partial charge in [0.15, 0.2) is 0 Å². The Morgan fingerprint density at radius 1 is 1.40 bits per heavy atom. The summed E-state index contributed by atoms with van der Waals surface area (Å²) >= 11 is 0. The van der Waals surface area contributed by atoms with Crippen LogP contribution in [-0.4, -0.2) is 11.4 Å². The number of nitrogens with zero attached hydrogens (tertiary/aromatic N) is 1. The highest BCUT2D eigenvalue weighted by Gasteiger charge is 2.22. The summed E-state index contributed by atoms with van der Waals surface area (Å²) < 4.78 is 0. The van der Waals surface area contributed by atoms with Crippen molar-refractivity contribution in [1.82, 2.24) is 5.32 Å². The zero-order chi connectivity index (χ0) is 11.3. The maximum absolute atomic E-state index is 11.6. The fourth-order valence-corrected chi connectivity index (χ4v) is 2.08. The van der Waals surface area contributed by atoms with Gasteiger partial charge >= 0.3 is 0 Å². The second-order valence-electron chi connectivity index (χ2n) is 4.99. The summed E-state index contributed by atoms with van der Waals surface area (Å²) in [5.41, 5.74) is -0.730. The third-order valence-electron chi connectivity index (χ3n) is 2.93. The molecule has 1 aliphatic rings. The highest BCUT2D eigenvalue weighted by Crippen LogP contribution is 2.26. The Labute approximate surface area is 91.9 Å². The van der Waals surface area contributed by atoms with Crippen molar-refractivity contribution in [2.45, 2.75) is 57.9 Å². The van der Waals surface area contributed by atoms with Crippen LogP contribution in [0, 0.1) is 17.2 Å². The molecule has 0 heterocycles. The molecule has 1 fully saturated rings. The Balaban J connectivity index is 2.32. The van der Waals surface area contributed by atoms with Crippen molar-refractivity contribution >= 4 is 5.91 Å². The summed E-state index contributed by atoms with van der Waals surface area (Å²) in [7, 11) is 0. The lowest BCUT2D eigenvalue weighted by atomic mass is 9.86. The van der Waals surface area contributed by atoms with Crippen molar-refractivity contribution in [1.29, 1.82) is 5.26 Å². The largest absolute Gasteiger partial charge is 0.338 e. The summed E-state index contributed by atoms with van der Waals surface area (Å²) in [6.07, 6.45) is 6.73. The molecule has 1 rings (SSSR count). The van der Waals surface area contributed by atoms with Gasteiger partial charge in [0, 0.05) is 6.42 Å². The zero-order valence-electron chi connectivity index (χ0n) is 9.68. The van der Waals surface area contributed by atoms with Crippen LogP contribution in [0.5, 0.6) is 0 Å². The lowest BCUT2D eigenvalue weighted by Gasteiger charge is -2.23. The molecule has 0 spiro atoms. The maximum atomic E-state index is 11.6. The van der Waals surface area contributed by atoms with E-state index in [0.29, 0.717) is 12.3 Å². The Morgan fingerprint density at radius 3 is 2.53 bits per heavy atom. The summed E-state index contributed by atoms with van der Waals surface area (Å²) in [5, 5.41) is 11.5. The summed E-state index contributed by atoms with van der Waals surface area (Å²) in [4.78, 5) is 11.6. The molecule has 0 aromatic rings. The SMILES string of the molecule is CC(C)(C#N)NC(=O)CC1CCCCC1. The van der Waals surface area contributed by atoms with Crippen LogP contribution in [0.1, 0.15) is 52.4 Å². The highest BCUT2D eigenvalue weighted by molar-refractivity contribution is 5.77. The van der Waals surface area contributed by atoms with Crippen LogP contribution in [0.3, 0.4) is 0 Å². The van der Waals surface area contributed by atoms with E-state index in [1.54, 1.807) is 13.8 Å². The van der Waals surface area contributed by atoms with E-state index in [0.717, 1.165) is 0 Å². The van der Waals surface area contributed by atoms with Crippen LogP contribution in [0.15, 0.2) is 0 Å². The predicted molar refractivity (Wildman–Crippen MR) is 59.0 cm³/mol. The zero-order valence-corrected chi connectivity index (χ0v) is 9.68. The van der Waals surface area contributed by atoms with E-state index in [1.165, 1.54) is 32.1 Å². The van der Waals surface area contributed by atoms with Gasteiger partial charge in [-0.3, -0.25) is 4.79 Å². The predicted octanol–water partition coefficient (Wildman–Crippen LogP) is 2.38. The molecule has 1 amide bonds. The number of rotatable bonds is 3. The Kier molecular flexibility index (Phi) is 4.14. The number of nitriles is 1. The van der Waals surface area contributed by atoms with E-state index in [2.05, 4.69) is 11.4 Å². The molecule has 15 heavy (non-hydrogen) atoms. The highest BCUT2D eigenvalue weighted by atomic mass is 16.1. The van der Waals surface area contributed by atoms with E-state index in [9.17, 15) is 4.79 Å². The average molecular weight is 208 g/mol. The number of carbonyl (C=O) groups is 1. The van der Waals surface area contributed by atoms with Crippen molar-refractivity contribution in [2.24, 2.45) is 5.92 Å². The number of carbonyl (C=O) groups excluding carboxylic acids is 1. The van der Waals surface area contributed by atoms with E-state index in [-0.39, 0.29) is 5.91 Å². The van der Waals surface area contributed by atoms with E-state index >= 15 is 0 Å². The molecule has 0 saturated heterocycles. The second kappa shape index (κ2) is 5.16. The summed E-state index contributed by atoms with van der Waals surface area (Å²) in [5.74, 6) is 0.557. The minimum atomic E-state index is -0.730. The molecule has 84 valence electrons. The Morgan fingerprint density at radius 2 is 2.00 bits per heavy atom. The van der Waals surface area contributed by atoms with Gasteiger partial charge < -0.3 is 5.32 Å². The van der Waals surface area contributed by atoms with Crippen molar-refractivity contribution in [2.75, 3.05) is 0 Å². The molecule has 0 radical (unpaired) electrons. The minimum Gasteiger partial charge on any atom is -0.338 e. The molecule has 1 aliphatic carbocycles. The van der Waals surface area contributed by atoms with Crippen LogP contribution < -0.4 is 5.32 Å². The van der Waals surface area contributed by atoms with Crippen molar-refractivity contribution in [3.8, 4) is 6.07 Å². The van der Waals surface area contributed by atoms with Crippen LogP contribution >= 0.6 is 0 Å². The van der Waals surface area contributed by atoms with Gasteiger partial charge in [0.05, 0.1) is 6.07 Å². The monoisotopic (exact) mass is 208 g/mol. The molecule has 3 heteroatoms. The van der Waals surface area contributed by atoms with Crippen LogP contribution in [-0.2, 0) is 4.79 Å². The normalized spacial score (nSPS) is 18.2. The van der Waals surface area contributed by atoms with Crippen molar-refractivity contribution in [3.63, 3.8) is 0 Å². The second-order valence-corrected chi connectivity index (χ2v) is 4.99. The fraction of sp³-hybridized carbons (Fsp3) is 0.833. The molecular weight excluding hydrogens is 188 g/mol. The van der Waals surface area contributed by atoms with Gasteiger partial charge in [0.1, 0.15) is 5.54 Å². The third-order valence-corrected chi connectivity index (χ3v) is 2.93. The molecule has 0 aliphatic heterocycles. The molecule has 0 aromatic carbocycles. The van der Waals surface area contributed by atoms with Crippen LogP contribution in [0.2, 0.25) is 0 Å². The molecule has 3 nitrogen and oxygen atoms in total. The smallest absolute Gasteiger partial charge is 0.221 e. The molecule has 1 saturated carbocycles. The third kappa shape index (κ3) is 4.33. The molecular formula is C12H20N2O. The molecule has 1 N–H and O–H groups in total. The average Bonchev–Trinajstić information content (AvgIpc) is 2.18. The first kappa shape index (κ1) is 12.0. The first-order valence-electron chi connectivity index (χ1n) is 5.76. The molecule has 0 unspecified atom stereocenters. The number of hydrogen-bond donors (Lipinski definition) is 1. The maximum Gasteiger partial charge on any atom is 0.221 e. The lowest BCUT2D eigenvalue weighted by molar-refractivity contribution is -0.123. The summed E-state index contributed by atoms with van der Waals surface area (Å²) in [6.45, 7) is 3.46. The van der Waals surface area contributed by atoms with Gasteiger partial charge in [0.2, 0.25) is 5.91 Å². The number of nitrogens with one attached hydrogen (secondary N) is 1. The lowest BCUT2D eigenvalue weighted by Crippen LogP contribution is -2.42. The number of amides is 1. The first-order chi connectivity index (χ1) is 7.03. The van der Waals surface area contributed by atoms with E-state index in [1.807, 2.05) is 0 Å². The topological polar surface area (TPSA) is 52.9 Å². The van der Waals surface area contributed by atoms with Gasteiger partial charge in [-0.25, -0.2) is 0 Å². The van der Waals surface area contributed by atoms with Crippen LogP contribution in [0.4, 0.5) is 0 Å². The Hall–Kier alpha value is -1.04. The van der Waals surface area contributed by atoms with Gasteiger partial charge in [0.25, 0.3) is 0 Å². The fourth-order valence-electron chi connectivity index (χ4n) is 2.08. The van der Waals surface area contributed by atoms with E-state index in [4.69, 9.17) is 5.26 Å². The Bertz CT molecular complexity index is 259.